The number of nitrogens with one attached hydrogen (secondary N) is 2. The highest BCUT2D eigenvalue weighted by Crippen LogP contribution is 2.23. The molecule has 2 atom stereocenters. The first-order valence-corrected chi connectivity index (χ1v) is 8.86. The molecule has 1 aliphatic rings. The molecule has 2 N–H and O–H groups in total. The average Bonchev–Trinajstić information content (AvgIpc) is 3.06. The third kappa shape index (κ3) is 4.73. The van der Waals surface area contributed by atoms with Crippen LogP contribution in [-0.4, -0.2) is 23.8 Å². The van der Waals surface area contributed by atoms with Crippen LogP contribution < -0.4 is 10.6 Å². The zero-order valence-corrected chi connectivity index (χ0v) is 15.3. The van der Waals surface area contributed by atoms with E-state index in [-0.39, 0.29) is 12.3 Å². The van der Waals surface area contributed by atoms with Gasteiger partial charge in [0.25, 0.3) is 5.91 Å². The minimum Gasteiger partial charge on any atom is -0.446 e. The molecule has 0 unspecified atom stereocenters. The Morgan fingerprint density at radius 1 is 1.11 bits per heavy atom. The second-order valence-electron chi connectivity index (χ2n) is 6.75. The molecule has 0 aliphatic carbocycles. The van der Waals surface area contributed by atoms with Crippen LogP contribution in [0.3, 0.4) is 0 Å². The number of ether oxygens (including phenoxy) is 1. The van der Waals surface area contributed by atoms with E-state index in [0.29, 0.717) is 17.7 Å². The van der Waals surface area contributed by atoms with Gasteiger partial charge in [-0.1, -0.05) is 36.4 Å². The van der Waals surface area contributed by atoms with Crippen molar-refractivity contribution in [2.24, 2.45) is 0 Å². The van der Waals surface area contributed by atoms with Crippen molar-refractivity contribution in [1.29, 1.82) is 0 Å². The van der Waals surface area contributed by atoms with Crippen LogP contribution in [-0.2, 0) is 19.1 Å². The van der Waals surface area contributed by atoms with Gasteiger partial charge in [0, 0.05) is 17.7 Å². The predicted octanol–water partition coefficient (Wildman–Crippen LogP) is 2.81. The Hall–Kier alpha value is -3.15. The molecule has 0 radical (unpaired) electrons. The van der Waals surface area contributed by atoms with Crippen molar-refractivity contribution in [2.45, 2.75) is 38.8 Å². The van der Waals surface area contributed by atoms with Crippen molar-refractivity contribution in [1.82, 2.24) is 5.32 Å². The number of esters is 1. The Bertz CT molecular complexity index is 843. The second-order valence-corrected chi connectivity index (χ2v) is 6.75. The molecular weight excluding hydrogens is 344 g/mol. The van der Waals surface area contributed by atoms with Crippen LogP contribution >= 0.6 is 0 Å². The number of hydrogen-bond donors (Lipinski definition) is 2. The van der Waals surface area contributed by atoms with Crippen LogP contribution in [0.1, 0.15) is 35.6 Å². The molecule has 6 heteroatoms. The molecule has 2 aromatic carbocycles. The van der Waals surface area contributed by atoms with Crippen LogP contribution in [0, 0.1) is 13.8 Å². The van der Waals surface area contributed by atoms with Gasteiger partial charge < -0.3 is 15.4 Å². The minimum atomic E-state index is -1.10. The molecule has 2 amide bonds. The predicted molar refractivity (Wildman–Crippen MR) is 101 cm³/mol. The van der Waals surface area contributed by atoms with E-state index < -0.39 is 24.0 Å². The van der Waals surface area contributed by atoms with Crippen molar-refractivity contribution in [2.75, 3.05) is 5.32 Å². The maximum Gasteiger partial charge on any atom is 0.329 e. The number of carbonyl (C=O) groups is 3. The Morgan fingerprint density at radius 3 is 2.37 bits per heavy atom. The summed E-state index contributed by atoms with van der Waals surface area (Å²) in [4.78, 5) is 36.7. The van der Waals surface area contributed by atoms with E-state index in [1.165, 1.54) is 0 Å². The Morgan fingerprint density at radius 2 is 1.78 bits per heavy atom. The third-order valence-corrected chi connectivity index (χ3v) is 4.34. The maximum atomic E-state index is 12.9. The highest BCUT2D eigenvalue weighted by molar-refractivity contribution is 5.97. The third-order valence-electron chi connectivity index (χ3n) is 4.34. The highest BCUT2D eigenvalue weighted by Gasteiger charge is 2.33. The van der Waals surface area contributed by atoms with E-state index in [9.17, 15) is 14.4 Å². The number of carbonyl (C=O) groups excluding carboxylic acids is 3. The lowest BCUT2D eigenvalue weighted by Crippen LogP contribution is -2.37. The van der Waals surface area contributed by atoms with E-state index in [0.717, 1.165) is 11.1 Å². The minimum absolute atomic E-state index is 0.187. The molecule has 1 heterocycles. The lowest BCUT2D eigenvalue weighted by Gasteiger charge is -2.20. The van der Waals surface area contributed by atoms with Crippen LogP contribution in [0.25, 0.3) is 0 Å². The molecule has 1 fully saturated rings. The Kier molecular flexibility index (Phi) is 5.54. The maximum absolute atomic E-state index is 12.9. The van der Waals surface area contributed by atoms with Gasteiger partial charge in [0.1, 0.15) is 6.04 Å². The van der Waals surface area contributed by atoms with E-state index in [1.54, 1.807) is 24.3 Å². The van der Waals surface area contributed by atoms with Gasteiger partial charge in [0.05, 0.1) is 0 Å². The molecule has 27 heavy (non-hydrogen) atoms. The van der Waals surface area contributed by atoms with Gasteiger partial charge in [-0.05, 0) is 43.5 Å². The number of hydrogen-bond acceptors (Lipinski definition) is 4. The molecule has 0 aromatic heterocycles. The lowest BCUT2D eigenvalue weighted by molar-refractivity contribution is -0.156. The summed E-state index contributed by atoms with van der Waals surface area (Å²) in [5, 5.41) is 5.39. The molecule has 1 saturated heterocycles. The van der Waals surface area contributed by atoms with Gasteiger partial charge in [-0.15, -0.1) is 0 Å². The monoisotopic (exact) mass is 366 g/mol. The van der Waals surface area contributed by atoms with E-state index in [2.05, 4.69) is 10.6 Å². The van der Waals surface area contributed by atoms with Crippen molar-refractivity contribution in [3.63, 3.8) is 0 Å². The fourth-order valence-corrected chi connectivity index (χ4v) is 3.14. The Labute approximate surface area is 157 Å². The summed E-state index contributed by atoms with van der Waals surface area (Å²) < 4.78 is 5.50. The SMILES string of the molecule is Cc1cc(C)cc(NC(=O)[C@H](OC(=O)[C@@H]2CCC(=O)N2)c2ccccc2)c1. The van der Waals surface area contributed by atoms with Crippen molar-refractivity contribution in [3.05, 3.63) is 65.2 Å². The first kappa shape index (κ1) is 18.6. The molecule has 2 aromatic rings. The Balaban J connectivity index is 1.80. The largest absolute Gasteiger partial charge is 0.446 e. The summed E-state index contributed by atoms with van der Waals surface area (Å²) in [6.07, 6.45) is -0.445. The van der Waals surface area contributed by atoms with Crippen molar-refractivity contribution >= 4 is 23.5 Å². The van der Waals surface area contributed by atoms with E-state index in [4.69, 9.17) is 4.74 Å². The summed E-state index contributed by atoms with van der Waals surface area (Å²) in [5.74, 6) is -1.23. The summed E-state index contributed by atoms with van der Waals surface area (Å²) in [5.41, 5.74) is 3.25. The number of amides is 2. The standard InChI is InChI=1S/C21H22N2O4/c1-13-10-14(2)12-16(11-13)22-20(25)19(15-6-4-3-5-7-15)27-21(26)17-8-9-18(24)23-17/h3-7,10-12,17,19H,8-9H2,1-2H3,(H,22,25)(H,23,24)/t17-,19+/m0/s1. The van der Waals surface area contributed by atoms with Gasteiger partial charge >= 0.3 is 5.97 Å². The summed E-state index contributed by atoms with van der Waals surface area (Å²) >= 11 is 0. The summed E-state index contributed by atoms with van der Waals surface area (Å²) in [6.45, 7) is 3.89. The molecule has 1 aliphatic heterocycles. The fraction of sp³-hybridized carbons (Fsp3) is 0.286. The average molecular weight is 366 g/mol. The molecule has 0 bridgehead atoms. The molecule has 140 valence electrons. The highest BCUT2D eigenvalue weighted by atomic mass is 16.5. The van der Waals surface area contributed by atoms with Crippen molar-refractivity contribution < 1.29 is 19.1 Å². The zero-order chi connectivity index (χ0) is 19.4. The van der Waals surface area contributed by atoms with Crippen LogP contribution in [0.5, 0.6) is 0 Å². The fourth-order valence-electron chi connectivity index (χ4n) is 3.14. The smallest absolute Gasteiger partial charge is 0.329 e. The molecule has 6 nitrogen and oxygen atoms in total. The molecule has 0 saturated carbocycles. The van der Waals surface area contributed by atoms with Gasteiger partial charge in [0.2, 0.25) is 12.0 Å². The first-order valence-electron chi connectivity index (χ1n) is 8.86. The molecule has 0 spiro atoms. The number of benzene rings is 2. The van der Waals surface area contributed by atoms with Crippen LogP contribution in [0.4, 0.5) is 5.69 Å². The van der Waals surface area contributed by atoms with Gasteiger partial charge in [-0.25, -0.2) is 4.79 Å². The van der Waals surface area contributed by atoms with Gasteiger partial charge in [-0.3, -0.25) is 9.59 Å². The van der Waals surface area contributed by atoms with E-state index >= 15 is 0 Å². The first-order chi connectivity index (χ1) is 12.9. The number of rotatable bonds is 5. The topological polar surface area (TPSA) is 84.5 Å². The van der Waals surface area contributed by atoms with Gasteiger partial charge in [-0.2, -0.15) is 0 Å². The van der Waals surface area contributed by atoms with E-state index in [1.807, 2.05) is 38.1 Å². The summed E-state index contributed by atoms with van der Waals surface area (Å²) in [7, 11) is 0. The summed E-state index contributed by atoms with van der Waals surface area (Å²) in [6, 6.07) is 13.8. The zero-order valence-electron chi connectivity index (χ0n) is 15.3. The quantitative estimate of drug-likeness (QED) is 0.797. The molecule has 3 rings (SSSR count). The number of anilines is 1. The number of aryl methyl sites for hydroxylation is 2. The molecular formula is C21H22N2O4. The lowest BCUT2D eigenvalue weighted by atomic mass is 10.1. The normalized spacial score (nSPS) is 17.1. The van der Waals surface area contributed by atoms with Crippen molar-refractivity contribution in [3.8, 4) is 0 Å². The van der Waals surface area contributed by atoms with Gasteiger partial charge in [0.15, 0.2) is 0 Å². The van der Waals surface area contributed by atoms with Crippen LogP contribution in [0.15, 0.2) is 48.5 Å². The van der Waals surface area contributed by atoms with Crippen LogP contribution in [0.2, 0.25) is 0 Å². The second kappa shape index (κ2) is 8.03.